The Morgan fingerprint density at radius 2 is 1.72 bits per heavy atom. The second-order valence-electron chi connectivity index (χ2n) is 8.94. The SMILES string of the molecule is C=CC(=O)Nc1ccc(Oc2c(C)cccc2C)c(-c2cn(C)c(=O)c3cc(CC(C)=O)ccc23)c1. The number of carbonyl (C=O) groups is 2. The van der Waals surface area contributed by atoms with Gasteiger partial charge in [-0.1, -0.05) is 36.9 Å². The normalized spacial score (nSPS) is 10.8. The zero-order valence-electron chi connectivity index (χ0n) is 20.8. The molecule has 1 amide bonds. The molecular formula is C30H28N2O4. The van der Waals surface area contributed by atoms with Gasteiger partial charge in [0, 0.05) is 41.9 Å². The van der Waals surface area contributed by atoms with Crippen molar-refractivity contribution in [3.8, 4) is 22.6 Å². The number of para-hydroxylation sites is 1. The number of ketones is 1. The van der Waals surface area contributed by atoms with Crippen LogP contribution in [0.1, 0.15) is 23.6 Å². The maximum atomic E-state index is 13.0. The van der Waals surface area contributed by atoms with Crippen LogP contribution >= 0.6 is 0 Å². The predicted molar refractivity (Wildman–Crippen MR) is 144 cm³/mol. The van der Waals surface area contributed by atoms with Gasteiger partial charge in [0.25, 0.3) is 5.56 Å². The van der Waals surface area contributed by atoms with Crippen LogP contribution in [0.15, 0.2) is 78.2 Å². The summed E-state index contributed by atoms with van der Waals surface area (Å²) < 4.78 is 7.96. The standard InChI is InChI=1S/C30H28N2O4/c1-6-28(34)31-22-11-13-27(36-29-18(2)8-7-9-19(29)3)24(16-22)26-17-32(5)30(35)25-15-21(14-20(4)33)10-12-23(25)26/h6-13,15-17H,1,14H2,2-5H3,(H,31,34). The number of ether oxygens (including phenoxy) is 1. The second kappa shape index (κ2) is 10.0. The van der Waals surface area contributed by atoms with Crippen LogP contribution in [0.5, 0.6) is 11.5 Å². The Morgan fingerprint density at radius 3 is 2.39 bits per heavy atom. The molecule has 0 atom stereocenters. The second-order valence-corrected chi connectivity index (χ2v) is 8.94. The van der Waals surface area contributed by atoms with Gasteiger partial charge in [-0.05, 0) is 73.2 Å². The van der Waals surface area contributed by atoms with Crippen LogP contribution in [0, 0.1) is 13.8 Å². The van der Waals surface area contributed by atoms with E-state index in [2.05, 4.69) is 11.9 Å². The summed E-state index contributed by atoms with van der Waals surface area (Å²) in [5.74, 6) is 1.03. The van der Waals surface area contributed by atoms with Crippen LogP contribution in [-0.4, -0.2) is 16.3 Å². The Hall–Kier alpha value is -4.45. The van der Waals surface area contributed by atoms with Crippen molar-refractivity contribution >= 4 is 28.2 Å². The third kappa shape index (κ3) is 4.98. The van der Waals surface area contributed by atoms with E-state index in [0.29, 0.717) is 22.4 Å². The number of aromatic nitrogens is 1. The van der Waals surface area contributed by atoms with E-state index >= 15 is 0 Å². The van der Waals surface area contributed by atoms with Gasteiger partial charge in [-0.2, -0.15) is 0 Å². The highest BCUT2D eigenvalue weighted by Gasteiger charge is 2.17. The molecule has 1 N–H and O–H groups in total. The van der Waals surface area contributed by atoms with E-state index in [9.17, 15) is 14.4 Å². The number of carbonyl (C=O) groups excluding carboxylic acids is 2. The lowest BCUT2D eigenvalue weighted by Gasteiger charge is -2.18. The Kier molecular flexibility index (Phi) is 6.88. The van der Waals surface area contributed by atoms with Gasteiger partial charge in [0.15, 0.2) is 0 Å². The summed E-state index contributed by atoms with van der Waals surface area (Å²) in [6, 6.07) is 16.8. The first-order valence-corrected chi connectivity index (χ1v) is 11.6. The fourth-order valence-electron chi connectivity index (χ4n) is 4.30. The maximum absolute atomic E-state index is 13.0. The Bertz CT molecular complexity index is 1560. The number of hydrogen-bond donors (Lipinski definition) is 1. The molecule has 1 heterocycles. The largest absolute Gasteiger partial charge is 0.456 e. The zero-order valence-corrected chi connectivity index (χ0v) is 20.8. The van der Waals surface area contributed by atoms with E-state index < -0.39 is 0 Å². The van der Waals surface area contributed by atoms with Crippen molar-refractivity contribution in [1.29, 1.82) is 0 Å². The van der Waals surface area contributed by atoms with Crippen molar-refractivity contribution in [2.75, 3.05) is 5.32 Å². The lowest BCUT2D eigenvalue weighted by Crippen LogP contribution is -2.17. The number of rotatable bonds is 7. The number of pyridine rings is 1. The molecule has 1 aromatic heterocycles. The summed E-state index contributed by atoms with van der Waals surface area (Å²) in [6.45, 7) is 9.02. The number of anilines is 1. The monoisotopic (exact) mass is 480 g/mol. The molecule has 4 rings (SSSR count). The number of benzene rings is 3. The molecular weight excluding hydrogens is 452 g/mol. The van der Waals surface area contributed by atoms with E-state index in [1.54, 1.807) is 31.4 Å². The van der Waals surface area contributed by atoms with E-state index in [4.69, 9.17) is 4.74 Å². The molecule has 0 aliphatic rings. The van der Waals surface area contributed by atoms with Crippen LogP contribution in [0.2, 0.25) is 0 Å². The first kappa shape index (κ1) is 24.7. The highest BCUT2D eigenvalue weighted by molar-refractivity contribution is 6.01. The lowest BCUT2D eigenvalue weighted by molar-refractivity contribution is -0.116. The minimum Gasteiger partial charge on any atom is -0.456 e. The van der Waals surface area contributed by atoms with Crippen LogP contribution in [0.3, 0.4) is 0 Å². The van der Waals surface area contributed by atoms with Gasteiger partial charge >= 0.3 is 0 Å². The number of nitrogens with zero attached hydrogens (tertiary/aromatic N) is 1. The third-order valence-corrected chi connectivity index (χ3v) is 6.04. The van der Waals surface area contributed by atoms with Crippen LogP contribution in [-0.2, 0) is 23.1 Å². The molecule has 0 aliphatic carbocycles. The van der Waals surface area contributed by atoms with E-state index in [1.165, 1.54) is 17.6 Å². The molecule has 4 aromatic rings. The maximum Gasteiger partial charge on any atom is 0.258 e. The molecule has 0 spiro atoms. The van der Waals surface area contributed by atoms with Gasteiger partial charge < -0.3 is 14.6 Å². The van der Waals surface area contributed by atoms with Crippen LogP contribution in [0.4, 0.5) is 5.69 Å². The Balaban J connectivity index is 1.97. The molecule has 6 heteroatoms. The Morgan fingerprint density at radius 1 is 1.00 bits per heavy atom. The van der Waals surface area contributed by atoms with Crippen molar-refractivity contribution in [3.63, 3.8) is 0 Å². The van der Waals surface area contributed by atoms with E-state index in [1.807, 2.05) is 50.2 Å². The molecule has 6 nitrogen and oxygen atoms in total. The summed E-state index contributed by atoms with van der Waals surface area (Å²) in [4.78, 5) is 36.7. The van der Waals surface area contributed by atoms with Crippen LogP contribution in [0.25, 0.3) is 21.9 Å². The molecule has 36 heavy (non-hydrogen) atoms. The van der Waals surface area contributed by atoms with Gasteiger partial charge in [0.2, 0.25) is 5.91 Å². The summed E-state index contributed by atoms with van der Waals surface area (Å²) in [6.07, 6.45) is 3.23. The van der Waals surface area contributed by atoms with Gasteiger partial charge in [-0.3, -0.25) is 14.4 Å². The fraction of sp³-hybridized carbons (Fsp3) is 0.167. The van der Waals surface area contributed by atoms with Gasteiger partial charge in [-0.15, -0.1) is 0 Å². The summed E-state index contributed by atoms with van der Waals surface area (Å²) in [7, 11) is 1.69. The topological polar surface area (TPSA) is 77.4 Å². The summed E-state index contributed by atoms with van der Waals surface area (Å²) >= 11 is 0. The number of aryl methyl sites for hydroxylation is 3. The summed E-state index contributed by atoms with van der Waals surface area (Å²) in [5, 5.41) is 4.03. The Labute approximate surface area is 209 Å². The molecule has 0 saturated carbocycles. The number of Topliss-reactive ketones (excluding diaryl/α,β-unsaturated/α-hetero) is 1. The quantitative estimate of drug-likeness (QED) is 0.336. The molecule has 0 fully saturated rings. The number of fused-ring (bicyclic) bond motifs is 1. The molecule has 3 aromatic carbocycles. The predicted octanol–water partition coefficient (Wildman–Crippen LogP) is 5.87. The first-order valence-electron chi connectivity index (χ1n) is 11.6. The molecule has 0 aliphatic heterocycles. The van der Waals surface area contributed by atoms with Crippen molar-refractivity contribution in [3.05, 3.63) is 100 Å². The average Bonchev–Trinajstić information content (AvgIpc) is 2.84. The highest BCUT2D eigenvalue weighted by atomic mass is 16.5. The molecule has 182 valence electrons. The first-order chi connectivity index (χ1) is 17.2. The number of hydrogen-bond acceptors (Lipinski definition) is 4. The van der Waals surface area contributed by atoms with Crippen LogP contribution < -0.4 is 15.6 Å². The molecule has 0 bridgehead atoms. The van der Waals surface area contributed by atoms with Gasteiger partial charge in [-0.25, -0.2) is 0 Å². The minimum absolute atomic E-state index is 0.0253. The van der Waals surface area contributed by atoms with E-state index in [0.717, 1.165) is 33.4 Å². The van der Waals surface area contributed by atoms with Gasteiger partial charge in [0.05, 0.1) is 0 Å². The summed E-state index contributed by atoms with van der Waals surface area (Å²) in [5.41, 5.74) is 4.64. The fourth-order valence-corrected chi connectivity index (χ4v) is 4.30. The number of nitrogens with one attached hydrogen (secondary N) is 1. The lowest BCUT2D eigenvalue weighted by atomic mass is 9.96. The van der Waals surface area contributed by atoms with Crippen molar-refractivity contribution in [2.24, 2.45) is 7.05 Å². The van der Waals surface area contributed by atoms with E-state index in [-0.39, 0.29) is 23.7 Å². The molecule has 0 unspecified atom stereocenters. The molecule has 0 radical (unpaired) electrons. The minimum atomic E-state index is -0.330. The van der Waals surface area contributed by atoms with Crippen molar-refractivity contribution in [1.82, 2.24) is 4.57 Å². The highest BCUT2D eigenvalue weighted by Crippen LogP contribution is 2.40. The van der Waals surface area contributed by atoms with Gasteiger partial charge in [0.1, 0.15) is 17.3 Å². The molecule has 0 saturated heterocycles. The third-order valence-electron chi connectivity index (χ3n) is 6.04. The average molecular weight is 481 g/mol. The number of amides is 1. The van der Waals surface area contributed by atoms with Crippen molar-refractivity contribution < 1.29 is 14.3 Å². The smallest absolute Gasteiger partial charge is 0.258 e. The van der Waals surface area contributed by atoms with Crippen molar-refractivity contribution in [2.45, 2.75) is 27.2 Å². The zero-order chi connectivity index (χ0) is 26.0.